The number of nitrogens with one attached hydrogen (secondary N) is 1. The predicted octanol–water partition coefficient (Wildman–Crippen LogP) is 4.29. The average Bonchev–Trinajstić information content (AvgIpc) is 3.19. The number of aryl methyl sites for hydroxylation is 1. The topological polar surface area (TPSA) is 35.2 Å². The van der Waals surface area contributed by atoms with E-state index in [1.165, 1.54) is 22.5 Å². The van der Waals surface area contributed by atoms with E-state index in [1.54, 1.807) is 0 Å². The van der Waals surface area contributed by atoms with Gasteiger partial charge in [0.2, 0.25) is 0 Å². The van der Waals surface area contributed by atoms with Gasteiger partial charge in [0, 0.05) is 30.9 Å². The fourth-order valence-corrected chi connectivity index (χ4v) is 3.47. The molecule has 4 heteroatoms. The number of aromatic amines is 1. The van der Waals surface area contributed by atoms with Gasteiger partial charge in [0.15, 0.2) is 0 Å². The van der Waals surface area contributed by atoms with E-state index in [9.17, 15) is 0 Å². The minimum atomic E-state index is 0.950. The third-order valence-electron chi connectivity index (χ3n) is 4.73. The van der Waals surface area contributed by atoms with Crippen molar-refractivity contribution in [3.63, 3.8) is 0 Å². The third kappa shape index (κ3) is 2.35. The van der Waals surface area contributed by atoms with Crippen LogP contribution in [0.1, 0.15) is 12.5 Å². The highest BCUT2D eigenvalue weighted by Gasteiger charge is 2.23. The van der Waals surface area contributed by atoms with Crippen LogP contribution in [0.3, 0.4) is 0 Å². The number of anilines is 2. The molecule has 24 heavy (non-hydrogen) atoms. The molecular formula is C20H22N4. The maximum atomic E-state index is 4.50. The molecule has 0 unspecified atom stereocenters. The van der Waals surface area contributed by atoms with Gasteiger partial charge in [-0.25, -0.2) is 0 Å². The second-order valence-corrected chi connectivity index (χ2v) is 6.42. The van der Waals surface area contributed by atoms with Crippen LogP contribution >= 0.6 is 0 Å². The van der Waals surface area contributed by atoms with Crippen LogP contribution in [-0.2, 0) is 0 Å². The van der Waals surface area contributed by atoms with Gasteiger partial charge in [0.25, 0.3) is 0 Å². The number of hydrogen-bond acceptors (Lipinski definition) is 3. The number of fused-ring (bicyclic) bond motifs is 1. The van der Waals surface area contributed by atoms with Gasteiger partial charge in [-0.1, -0.05) is 29.8 Å². The zero-order chi connectivity index (χ0) is 16.7. The highest BCUT2D eigenvalue weighted by molar-refractivity contribution is 5.86. The lowest BCUT2D eigenvalue weighted by molar-refractivity contribution is 0.844. The lowest BCUT2D eigenvalue weighted by Crippen LogP contribution is -2.27. The van der Waals surface area contributed by atoms with Crippen molar-refractivity contribution in [1.29, 1.82) is 0 Å². The Hall–Kier alpha value is -2.75. The van der Waals surface area contributed by atoms with Crippen molar-refractivity contribution in [2.45, 2.75) is 13.8 Å². The van der Waals surface area contributed by atoms with E-state index >= 15 is 0 Å². The molecule has 0 radical (unpaired) electrons. The Morgan fingerprint density at radius 1 is 1.08 bits per heavy atom. The molecule has 1 aromatic heterocycles. The molecule has 0 fully saturated rings. The zero-order valence-electron chi connectivity index (χ0n) is 14.4. The van der Waals surface area contributed by atoms with E-state index in [0.717, 1.165) is 30.0 Å². The van der Waals surface area contributed by atoms with Crippen LogP contribution in [0.25, 0.3) is 22.4 Å². The first-order chi connectivity index (χ1) is 11.7. The van der Waals surface area contributed by atoms with Crippen molar-refractivity contribution >= 4 is 11.4 Å². The van der Waals surface area contributed by atoms with Crippen molar-refractivity contribution in [2.75, 3.05) is 30.1 Å². The molecule has 4 nitrogen and oxygen atoms in total. The van der Waals surface area contributed by atoms with E-state index in [2.05, 4.69) is 83.4 Å². The summed E-state index contributed by atoms with van der Waals surface area (Å²) >= 11 is 0. The Morgan fingerprint density at radius 2 is 1.96 bits per heavy atom. The van der Waals surface area contributed by atoms with Crippen molar-refractivity contribution in [3.8, 4) is 22.4 Å². The standard InChI is InChI=1S/C20H22N4/c1-4-24-13-23(3)19-11-15(8-9-18(19)24)17-12-21-22-20(17)16-7-5-6-14(2)10-16/h5-12H,4,13H2,1-3H3,(H,21,22). The first kappa shape index (κ1) is 14.8. The summed E-state index contributed by atoms with van der Waals surface area (Å²) in [4.78, 5) is 4.69. The first-order valence-electron chi connectivity index (χ1n) is 8.38. The van der Waals surface area contributed by atoms with E-state index < -0.39 is 0 Å². The number of aromatic nitrogens is 2. The molecule has 0 aliphatic carbocycles. The number of benzene rings is 2. The SMILES string of the molecule is CCN1CN(C)c2cc(-c3c[nH]nc3-c3cccc(C)c3)ccc21. The molecule has 0 atom stereocenters. The second-order valence-electron chi connectivity index (χ2n) is 6.42. The van der Waals surface area contributed by atoms with Crippen LogP contribution in [0, 0.1) is 6.92 Å². The predicted molar refractivity (Wildman–Crippen MR) is 100 cm³/mol. The van der Waals surface area contributed by atoms with Gasteiger partial charge in [0.1, 0.15) is 0 Å². The molecule has 2 heterocycles. The van der Waals surface area contributed by atoms with Gasteiger partial charge in [-0.2, -0.15) is 5.10 Å². The fraction of sp³-hybridized carbons (Fsp3) is 0.250. The largest absolute Gasteiger partial charge is 0.355 e. The van der Waals surface area contributed by atoms with Crippen LogP contribution in [0.4, 0.5) is 11.4 Å². The van der Waals surface area contributed by atoms with Crippen LogP contribution in [-0.4, -0.2) is 30.5 Å². The monoisotopic (exact) mass is 318 g/mol. The number of H-pyrrole nitrogens is 1. The molecule has 4 rings (SSSR count). The molecular weight excluding hydrogens is 296 g/mol. The Morgan fingerprint density at radius 3 is 2.75 bits per heavy atom. The van der Waals surface area contributed by atoms with Crippen molar-refractivity contribution in [3.05, 3.63) is 54.2 Å². The molecule has 0 spiro atoms. The van der Waals surface area contributed by atoms with Gasteiger partial charge in [-0.05, 0) is 37.6 Å². The van der Waals surface area contributed by atoms with Gasteiger partial charge in [0.05, 0.1) is 23.7 Å². The highest BCUT2D eigenvalue weighted by Crippen LogP contribution is 2.39. The molecule has 0 saturated carbocycles. The number of hydrogen-bond donors (Lipinski definition) is 1. The Balaban J connectivity index is 1.79. The summed E-state index contributed by atoms with van der Waals surface area (Å²) in [6.45, 7) is 6.28. The molecule has 0 amide bonds. The lowest BCUT2D eigenvalue weighted by atomic mass is 10.00. The highest BCUT2D eigenvalue weighted by atomic mass is 15.4. The van der Waals surface area contributed by atoms with E-state index in [0.29, 0.717) is 0 Å². The average molecular weight is 318 g/mol. The lowest BCUT2D eigenvalue weighted by Gasteiger charge is -2.16. The van der Waals surface area contributed by atoms with Gasteiger partial charge in [-0.15, -0.1) is 0 Å². The number of nitrogens with zero attached hydrogens (tertiary/aromatic N) is 3. The molecule has 1 aliphatic heterocycles. The fourth-order valence-electron chi connectivity index (χ4n) is 3.47. The summed E-state index contributed by atoms with van der Waals surface area (Å²) in [7, 11) is 2.15. The smallest absolute Gasteiger partial charge is 0.0999 e. The van der Waals surface area contributed by atoms with Gasteiger partial charge >= 0.3 is 0 Å². The van der Waals surface area contributed by atoms with Crippen LogP contribution in [0.15, 0.2) is 48.7 Å². The van der Waals surface area contributed by atoms with E-state index in [1.807, 2.05) is 6.20 Å². The van der Waals surface area contributed by atoms with Crippen molar-refractivity contribution in [2.24, 2.45) is 0 Å². The van der Waals surface area contributed by atoms with Crippen molar-refractivity contribution < 1.29 is 0 Å². The summed E-state index contributed by atoms with van der Waals surface area (Å²) in [6, 6.07) is 15.2. The van der Waals surface area contributed by atoms with E-state index in [-0.39, 0.29) is 0 Å². The summed E-state index contributed by atoms with van der Waals surface area (Å²) in [5.41, 5.74) is 8.33. The zero-order valence-corrected chi connectivity index (χ0v) is 14.4. The Bertz CT molecular complexity index is 881. The quantitative estimate of drug-likeness (QED) is 0.782. The molecule has 0 saturated heterocycles. The molecule has 0 bridgehead atoms. The van der Waals surface area contributed by atoms with Gasteiger partial charge < -0.3 is 9.80 Å². The molecule has 1 aliphatic rings. The minimum absolute atomic E-state index is 0.950. The Labute approximate surface area is 142 Å². The normalized spacial score (nSPS) is 13.5. The summed E-state index contributed by atoms with van der Waals surface area (Å²) in [5, 5.41) is 7.54. The Kier molecular flexibility index (Phi) is 3.53. The first-order valence-corrected chi connectivity index (χ1v) is 8.38. The van der Waals surface area contributed by atoms with Crippen LogP contribution in [0.2, 0.25) is 0 Å². The molecule has 3 aromatic rings. The summed E-state index contributed by atoms with van der Waals surface area (Å²) < 4.78 is 0. The summed E-state index contributed by atoms with van der Waals surface area (Å²) in [6.07, 6.45) is 1.99. The maximum absolute atomic E-state index is 4.50. The minimum Gasteiger partial charge on any atom is -0.355 e. The third-order valence-corrected chi connectivity index (χ3v) is 4.73. The molecule has 2 aromatic carbocycles. The number of rotatable bonds is 3. The second kappa shape index (κ2) is 5.71. The van der Waals surface area contributed by atoms with Crippen molar-refractivity contribution in [1.82, 2.24) is 10.2 Å². The van der Waals surface area contributed by atoms with Crippen LogP contribution in [0.5, 0.6) is 0 Å². The summed E-state index contributed by atoms with van der Waals surface area (Å²) in [5.74, 6) is 0. The molecule has 1 N–H and O–H groups in total. The van der Waals surface area contributed by atoms with Crippen LogP contribution < -0.4 is 9.80 Å². The van der Waals surface area contributed by atoms with E-state index in [4.69, 9.17) is 0 Å². The maximum Gasteiger partial charge on any atom is 0.0999 e. The van der Waals surface area contributed by atoms with Gasteiger partial charge in [-0.3, -0.25) is 5.10 Å². The molecule has 122 valence electrons.